The van der Waals surface area contributed by atoms with Crippen LogP contribution in [0.4, 0.5) is 5.69 Å². The number of hydrogen-bond acceptors (Lipinski definition) is 6. The smallest absolute Gasteiger partial charge is 0.266 e. The average molecular weight is 523 g/mol. The number of amides is 2. The summed E-state index contributed by atoms with van der Waals surface area (Å²) in [5.41, 5.74) is 1.29. The molecule has 0 aromatic heterocycles. The zero-order chi connectivity index (χ0) is 23.4. The van der Waals surface area contributed by atoms with Crippen LogP contribution in [0, 0.1) is 0 Å². The third-order valence-corrected chi connectivity index (χ3v) is 6.96. The quantitative estimate of drug-likeness (QED) is 0.388. The molecule has 0 unspecified atom stereocenters. The van der Waals surface area contributed by atoms with Gasteiger partial charge in [-0.1, -0.05) is 59.3 Å². The second-order valence-corrected chi connectivity index (χ2v) is 9.98. The van der Waals surface area contributed by atoms with Crippen molar-refractivity contribution in [3.05, 3.63) is 63.0 Å². The normalized spacial score (nSPS) is 19.4. The van der Waals surface area contributed by atoms with Gasteiger partial charge in [0, 0.05) is 11.6 Å². The minimum Gasteiger partial charge on any atom is -0.484 e. The molecular weight excluding hydrogens is 503 g/mol. The van der Waals surface area contributed by atoms with Gasteiger partial charge >= 0.3 is 0 Å². The lowest BCUT2D eigenvalue weighted by molar-refractivity contribution is -0.123. The molecule has 10 heteroatoms. The van der Waals surface area contributed by atoms with Crippen LogP contribution in [0.2, 0.25) is 10.0 Å². The van der Waals surface area contributed by atoms with Gasteiger partial charge < -0.3 is 14.8 Å². The Hall–Kier alpha value is -2.10. The summed E-state index contributed by atoms with van der Waals surface area (Å²) in [5, 5.41) is 3.51. The number of benzene rings is 2. The summed E-state index contributed by atoms with van der Waals surface area (Å²) in [4.78, 5) is 27.1. The van der Waals surface area contributed by atoms with Gasteiger partial charge in [0.15, 0.2) is 6.61 Å². The number of thioether (sulfide) groups is 1. The predicted octanol–water partition coefficient (Wildman–Crippen LogP) is 5.39. The molecule has 2 aliphatic heterocycles. The Bertz CT molecular complexity index is 1100. The van der Waals surface area contributed by atoms with Gasteiger partial charge in [-0.2, -0.15) is 0 Å². The van der Waals surface area contributed by atoms with Crippen molar-refractivity contribution in [2.24, 2.45) is 0 Å². The van der Waals surface area contributed by atoms with E-state index in [0.717, 1.165) is 25.0 Å². The SMILES string of the molecule is O=C(COc1ccc(/C=C2\SC(=S)N(C[C@@H]3CCCO3)C2=O)cc1)Nc1ccc(Cl)cc1Cl. The summed E-state index contributed by atoms with van der Waals surface area (Å²) in [6, 6.07) is 11.9. The average Bonchev–Trinajstić information content (AvgIpc) is 3.39. The second kappa shape index (κ2) is 10.9. The minimum atomic E-state index is -0.349. The van der Waals surface area contributed by atoms with E-state index < -0.39 is 0 Å². The van der Waals surface area contributed by atoms with Crippen LogP contribution in [0.3, 0.4) is 0 Å². The Labute approximate surface area is 211 Å². The van der Waals surface area contributed by atoms with Crippen LogP contribution in [-0.4, -0.2) is 46.9 Å². The first kappa shape index (κ1) is 24.0. The number of halogens is 2. The van der Waals surface area contributed by atoms with Crippen LogP contribution in [0.5, 0.6) is 5.75 Å². The molecule has 4 rings (SSSR count). The van der Waals surface area contributed by atoms with Crippen LogP contribution in [-0.2, 0) is 14.3 Å². The molecule has 2 aliphatic rings. The van der Waals surface area contributed by atoms with E-state index in [-0.39, 0.29) is 24.5 Å². The summed E-state index contributed by atoms with van der Waals surface area (Å²) in [6.07, 6.45) is 3.81. The lowest BCUT2D eigenvalue weighted by Crippen LogP contribution is -2.35. The summed E-state index contributed by atoms with van der Waals surface area (Å²) < 4.78 is 11.7. The molecule has 1 N–H and O–H groups in total. The Morgan fingerprint density at radius 1 is 1.27 bits per heavy atom. The van der Waals surface area contributed by atoms with Crippen LogP contribution in [0.25, 0.3) is 6.08 Å². The third-order valence-electron chi connectivity index (χ3n) is 5.04. The van der Waals surface area contributed by atoms with Crippen molar-refractivity contribution in [1.29, 1.82) is 0 Å². The Morgan fingerprint density at radius 2 is 2.06 bits per heavy atom. The van der Waals surface area contributed by atoms with Crippen LogP contribution < -0.4 is 10.1 Å². The molecule has 0 bridgehead atoms. The molecule has 33 heavy (non-hydrogen) atoms. The van der Waals surface area contributed by atoms with E-state index in [2.05, 4.69) is 5.32 Å². The van der Waals surface area contributed by atoms with E-state index in [9.17, 15) is 9.59 Å². The molecule has 0 aliphatic carbocycles. The van der Waals surface area contributed by atoms with Crippen molar-refractivity contribution in [1.82, 2.24) is 4.90 Å². The number of carbonyl (C=O) groups is 2. The monoisotopic (exact) mass is 522 g/mol. The lowest BCUT2D eigenvalue weighted by atomic mass is 10.2. The van der Waals surface area contributed by atoms with E-state index in [1.165, 1.54) is 11.8 Å². The van der Waals surface area contributed by atoms with Crippen molar-refractivity contribution in [3.8, 4) is 5.75 Å². The van der Waals surface area contributed by atoms with Crippen molar-refractivity contribution in [2.45, 2.75) is 18.9 Å². The molecule has 2 fully saturated rings. The molecule has 172 valence electrons. The number of anilines is 1. The Balaban J connectivity index is 1.31. The summed E-state index contributed by atoms with van der Waals surface area (Å²) >= 11 is 18.6. The number of ether oxygens (including phenoxy) is 2. The van der Waals surface area contributed by atoms with E-state index in [4.69, 9.17) is 44.9 Å². The van der Waals surface area contributed by atoms with Gasteiger partial charge in [-0.25, -0.2) is 0 Å². The molecule has 0 saturated carbocycles. The molecule has 0 radical (unpaired) electrons. The molecule has 2 saturated heterocycles. The highest BCUT2D eigenvalue weighted by molar-refractivity contribution is 8.26. The van der Waals surface area contributed by atoms with Crippen LogP contribution >= 0.6 is 47.2 Å². The van der Waals surface area contributed by atoms with E-state index in [0.29, 0.717) is 37.3 Å². The van der Waals surface area contributed by atoms with Gasteiger partial charge in [-0.3, -0.25) is 14.5 Å². The van der Waals surface area contributed by atoms with Gasteiger partial charge in [0.05, 0.1) is 28.3 Å². The summed E-state index contributed by atoms with van der Waals surface area (Å²) in [6.45, 7) is 1.05. The molecule has 2 heterocycles. The van der Waals surface area contributed by atoms with Gasteiger partial charge in [-0.15, -0.1) is 0 Å². The number of nitrogens with one attached hydrogen (secondary N) is 1. The largest absolute Gasteiger partial charge is 0.484 e. The Kier molecular flexibility index (Phi) is 7.93. The molecule has 2 aromatic carbocycles. The highest BCUT2D eigenvalue weighted by atomic mass is 35.5. The highest BCUT2D eigenvalue weighted by Gasteiger charge is 2.34. The van der Waals surface area contributed by atoms with Gasteiger partial charge in [-0.05, 0) is 54.8 Å². The zero-order valence-electron chi connectivity index (χ0n) is 17.4. The van der Waals surface area contributed by atoms with Gasteiger partial charge in [0.25, 0.3) is 11.8 Å². The van der Waals surface area contributed by atoms with Crippen molar-refractivity contribution in [3.63, 3.8) is 0 Å². The highest BCUT2D eigenvalue weighted by Crippen LogP contribution is 2.33. The number of thiocarbonyl (C=S) groups is 1. The van der Waals surface area contributed by atoms with E-state index >= 15 is 0 Å². The number of nitrogens with zero attached hydrogens (tertiary/aromatic N) is 1. The second-order valence-electron chi connectivity index (χ2n) is 7.46. The first-order chi connectivity index (χ1) is 15.9. The minimum absolute atomic E-state index is 0.0520. The summed E-state index contributed by atoms with van der Waals surface area (Å²) in [7, 11) is 0. The summed E-state index contributed by atoms with van der Waals surface area (Å²) in [5.74, 6) is 0.0759. The molecule has 1 atom stereocenters. The van der Waals surface area contributed by atoms with E-state index in [1.54, 1.807) is 41.3 Å². The molecular formula is C23H20Cl2N2O4S2. The molecule has 2 aromatic rings. The van der Waals surface area contributed by atoms with Crippen molar-refractivity contribution in [2.75, 3.05) is 25.1 Å². The van der Waals surface area contributed by atoms with Crippen molar-refractivity contribution >= 4 is 75.1 Å². The molecule has 0 spiro atoms. The number of rotatable bonds is 7. The number of carbonyl (C=O) groups excluding carboxylic acids is 2. The van der Waals surface area contributed by atoms with E-state index in [1.807, 2.05) is 12.1 Å². The zero-order valence-corrected chi connectivity index (χ0v) is 20.5. The fourth-order valence-corrected chi connectivity index (χ4v) is 5.12. The predicted molar refractivity (Wildman–Crippen MR) is 136 cm³/mol. The Morgan fingerprint density at radius 3 is 2.76 bits per heavy atom. The first-order valence-electron chi connectivity index (χ1n) is 10.2. The number of hydrogen-bond donors (Lipinski definition) is 1. The topological polar surface area (TPSA) is 67.9 Å². The lowest BCUT2D eigenvalue weighted by Gasteiger charge is -2.18. The fourth-order valence-electron chi connectivity index (χ4n) is 3.39. The first-order valence-corrected chi connectivity index (χ1v) is 12.2. The molecule has 6 nitrogen and oxygen atoms in total. The maximum atomic E-state index is 12.8. The fraction of sp³-hybridized carbons (Fsp3) is 0.261. The molecule has 2 amide bonds. The maximum absolute atomic E-state index is 12.8. The van der Waals surface area contributed by atoms with Gasteiger partial charge in [0.1, 0.15) is 10.1 Å². The third kappa shape index (κ3) is 6.28. The standard InChI is InChI=1S/C23H20Cl2N2O4S2/c24-15-5-8-19(18(25)11-15)26-21(28)13-31-16-6-3-14(4-7-16)10-20-22(29)27(23(32)33-20)12-17-2-1-9-30-17/h3-8,10-11,17H,1-2,9,12-13H2,(H,26,28)/b20-10-/t17-/m0/s1. The van der Waals surface area contributed by atoms with Crippen LogP contribution in [0.15, 0.2) is 47.4 Å². The van der Waals surface area contributed by atoms with Crippen molar-refractivity contribution < 1.29 is 19.1 Å². The van der Waals surface area contributed by atoms with Gasteiger partial charge in [0.2, 0.25) is 0 Å². The van der Waals surface area contributed by atoms with Crippen LogP contribution in [0.1, 0.15) is 18.4 Å². The maximum Gasteiger partial charge on any atom is 0.266 e.